The molecule has 0 aromatic carbocycles. The van der Waals surface area contributed by atoms with Crippen LogP contribution in [0.5, 0.6) is 5.75 Å². The lowest BCUT2D eigenvalue weighted by Crippen LogP contribution is -2.34. The van der Waals surface area contributed by atoms with Gasteiger partial charge in [0.1, 0.15) is 0 Å². The largest absolute Gasteiger partial charge is 0.487 e. The van der Waals surface area contributed by atoms with Crippen molar-refractivity contribution < 1.29 is 4.74 Å². The van der Waals surface area contributed by atoms with E-state index >= 15 is 0 Å². The molecule has 1 aliphatic rings. The smallest absolute Gasteiger partial charge is 0.168 e. The Hall–Kier alpha value is -0.960. The standard InChI is InChI=1S/C16H25ClN2O/c1-13(2)20-14-7-6-10-18-15(14)19-12-16(11-17)8-4-3-5-9-16/h6-7,10,13H,3-5,8-9,11-12H2,1-2H3,(H,18,19). The zero-order valence-electron chi connectivity index (χ0n) is 12.5. The number of hydrogen-bond acceptors (Lipinski definition) is 3. The van der Waals surface area contributed by atoms with Crippen molar-refractivity contribution in [1.29, 1.82) is 0 Å². The highest BCUT2D eigenvalue weighted by Crippen LogP contribution is 2.38. The van der Waals surface area contributed by atoms with E-state index in [9.17, 15) is 0 Å². The van der Waals surface area contributed by atoms with E-state index in [1.165, 1.54) is 32.1 Å². The fourth-order valence-corrected chi connectivity index (χ4v) is 3.16. The van der Waals surface area contributed by atoms with Crippen molar-refractivity contribution in [2.45, 2.75) is 52.1 Å². The van der Waals surface area contributed by atoms with Crippen LogP contribution >= 0.6 is 11.6 Å². The summed E-state index contributed by atoms with van der Waals surface area (Å²) in [5.41, 5.74) is 0.215. The van der Waals surface area contributed by atoms with Gasteiger partial charge in [-0.25, -0.2) is 4.98 Å². The Morgan fingerprint density at radius 1 is 1.35 bits per heavy atom. The number of pyridine rings is 1. The summed E-state index contributed by atoms with van der Waals surface area (Å²) >= 11 is 6.24. The van der Waals surface area contributed by atoms with Gasteiger partial charge in [0.15, 0.2) is 11.6 Å². The van der Waals surface area contributed by atoms with Crippen molar-refractivity contribution in [1.82, 2.24) is 4.98 Å². The van der Waals surface area contributed by atoms with Crippen LogP contribution in [0, 0.1) is 5.41 Å². The van der Waals surface area contributed by atoms with Gasteiger partial charge in [0, 0.05) is 24.0 Å². The Bertz CT molecular complexity index is 417. The number of nitrogens with one attached hydrogen (secondary N) is 1. The molecule has 20 heavy (non-hydrogen) atoms. The lowest BCUT2D eigenvalue weighted by Gasteiger charge is -2.36. The third kappa shape index (κ3) is 4.02. The van der Waals surface area contributed by atoms with Gasteiger partial charge >= 0.3 is 0 Å². The zero-order valence-corrected chi connectivity index (χ0v) is 13.2. The van der Waals surface area contributed by atoms with Crippen LogP contribution < -0.4 is 10.1 Å². The van der Waals surface area contributed by atoms with Gasteiger partial charge in [-0.15, -0.1) is 11.6 Å². The molecule has 0 unspecified atom stereocenters. The molecule has 1 aromatic rings. The molecule has 1 fully saturated rings. The molecule has 3 nitrogen and oxygen atoms in total. The Balaban J connectivity index is 2.02. The van der Waals surface area contributed by atoms with Gasteiger partial charge < -0.3 is 10.1 Å². The molecule has 2 rings (SSSR count). The number of hydrogen-bond donors (Lipinski definition) is 1. The van der Waals surface area contributed by atoms with Crippen LogP contribution in [0.4, 0.5) is 5.82 Å². The Morgan fingerprint density at radius 2 is 2.10 bits per heavy atom. The molecule has 0 radical (unpaired) electrons. The minimum Gasteiger partial charge on any atom is -0.487 e. The normalized spacial score (nSPS) is 18.0. The summed E-state index contributed by atoms with van der Waals surface area (Å²) in [6.07, 6.45) is 8.26. The highest BCUT2D eigenvalue weighted by Gasteiger charge is 2.31. The van der Waals surface area contributed by atoms with Crippen molar-refractivity contribution in [3.63, 3.8) is 0 Å². The fourth-order valence-electron chi connectivity index (χ4n) is 2.80. The monoisotopic (exact) mass is 296 g/mol. The summed E-state index contributed by atoms with van der Waals surface area (Å²) < 4.78 is 5.79. The third-order valence-corrected chi connectivity index (χ3v) is 4.53. The summed E-state index contributed by atoms with van der Waals surface area (Å²) in [7, 11) is 0. The van der Waals surface area contributed by atoms with Gasteiger partial charge in [0.05, 0.1) is 6.10 Å². The summed E-state index contributed by atoms with van der Waals surface area (Å²) in [4.78, 5) is 4.40. The maximum Gasteiger partial charge on any atom is 0.168 e. The fraction of sp³-hybridized carbons (Fsp3) is 0.688. The molecular formula is C16H25ClN2O. The van der Waals surface area contributed by atoms with Gasteiger partial charge in [-0.2, -0.15) is 0 Å². The molecule has 0 spiro atoms. The Kier molecular flexibility index (Phi) is 5.53. The van der Waals surface area contributed by atoms with Crippen molar-refractivity contribution >= 4 is 17.4 Å². The van der Waals surface area contributed by atoms with Crippen molar-refractivity contribution in [2.24, 2.45) is 5.41 Å². The van der Waals surface area contributed by atoms with Crippen LogP contribution in [0.3, 0.4) is 0 Å². The topological polar surface area (TPSA) is 34.1 Å². The lowest BCUT2D eigenvalue weighted by molar-refractivity contribution is 0.233. The second kappa shape index (κ2) is 7.16. The summed E-state index contributed by atoms with van der Waals surface area (Å²) in [6, 6.07) is 3.87. The molecular weight excluding hydrogens is 272 g/mol. The van der Waals surface area contributed by atoms with Gasteiger partial charge in [-0.05, 0) is 38.8 Å². The maximum absolute atomic E-state index is 6.24. The minimum atomic E-state index is 0.149. The van der Waals surface area contributed by atoms with E-state index in [1.54, 1.807) is 6.20 Å². The van der Waals surface area contributed by atoms with Crippen molar-refractivity contribution in [2.75, 3.05) is 17.7 Å². The van der Waals surface area contributed by atoms with E-state index in [4.69, 9.17) is 16.3 Å². The first-order valence-corrected chi connectivity index (χ1v) is 8.10. The highest BCUT2D eigenvalue weighted by atomic mass is 35.5. The molecule has 4 heteroatoms. The predicted octanol–water partition coefficient (Wildman–Crippen LogP) is 4.47. The van der Waals surface area contributed by atoms with Crippen LogP contribution in [0.1, 0.15) is 46.0 Å². The highest BCUT2D eigenvalue weighted by molar-refractivity contribution is 6.18. The lowest BCUT2D eigenvalue weighted by atomic mass is 9.75. The van der Waals surface area contributed by atoms with Crippen LogP contribution in [-0.4, -0.2) is 23.5 Å². The van der Waals surface area contributed by atoms with Gasteiger partial charge in [0.25, 0.3) is 0 Å². The van der Waals surface area contributed by atoms with Crippen molar-refractivity contribution in [3.05, 3.63) is 18.3 Å². The van der Waals surface area contributed by atoms with E-state index in [-0.39, 0.29) is 11.5 Å². The number of anilines is 1. The number of aromatic nitrogens is 1. The Morgan fingerprint density at radius 3 is 2.75 bits per heavy atom. The molecule has 1 aliphatic carbocycles. The van der Waals surface area contributed by atoms with Crippen molar-refractivity contribution in [3.8, 4) is 5.75 Å². The van der Waals surface area contributed by atoms with Crippen LogP contribution in [0.2, 0.25) is 0 Å². The van der Waals surface area contributed by atoms with E-state index in [0.29, 0.717) is 5.88 Å². The minimum absolute atomic E-state index is 0.149. The van der Waals surface area contributed by atoms with Crippen LogP contribution in [0.25, 0.3) is 0 Å². The maximum atomic E-state index is 6.24. The number of nitrogens with zero attached hydrogens (tertiary/aromatic N) is 1. The molecule has 1 N–H and O–H groups in total. The van der Waals surface area contributed by atoms with E-state index in [1.807, 2.05) is 26.0 Å². The zero-order chi connectivity index (χ0) is 14.4. The SMILES string of the molecule is CC(C)Oc1cccnc1NCC1(CCl)CCCCC1. The first-order chi connectivity index (χ1) is 9.65. The molecule has 0 aliphatic heterocycles. The summed E-state index contributed by atoms with van der Waals surface area (Å²) in [5, 5.41) is 3.46. The van der Waals surface area contributed by atoms with E-state index in [0.717, 1.165) is 18.1 Å². The average molecular weight is 297 g/mol. The Labute approximate surface area is 127 Å². The quantitative estimate of drug-likeness (QED) is 0.787. The molecule has 112 valence electrons. The van der Waals surface area contributed by atoms with E-state index < -0.39 is 0 Å². The second-order valence-corrected chi connectivity index (χ2v) is 6.33. The van der Waals surface area contributed by atoms with Crippen LogP contribution in [0.15, 0.2) is 18.3 Å². The number of alkyl halides is 1. The molecule has 0 saturated heterocycles. The number of ether oxygens (including phenoxy) is 1. The third-order valence-electron chi connectivity index (χ3n) is 3.96. The average Bonchev–Trinajstić information content (AvgIpc) is 2.47. The van der Waals surface area contributed by atoms with Gasteiger partial charge in [0.2, 0.25) is 0 Å². The predicted molar refractivity (Wildman–Crippen MR) is 84.7 cm³/mol. The molecule has 0 atom stereocenters. The molecule has 0 amide bonds. The molecule has 1 heterocycles. The molecule has 0 bridgehead atoms. The van der Waals surface area contributed by atoms with E-state index in [2.05, 4.69) is 10.3 Å². The summed E-state index contributed by atoms with van der Waals surface area (Å²) in [6.45, 7) is 4.93. The number of rotatable bonds is 6. The first-order valence-electron chi connectivity index (χ1n) is 7.57. The first kappa shape index (κ1) is 15.4. The molecule has 1 saturated carbocycles. The summed E-state index contributed by atoms with van der Waals surface area (Å²) in [5.74, 6) is 2.37. The van der Waals surface area contributed by atoms with Gasteiger partial charge in [-0.1, -0.05) is 19.3 Å². The second-order valence-electron chi connectivity index (χ2n) is 6.06. The van der Waals surface area contributed by atoms with Crippen LogP contribution in [-0.2, 0) is 0 Å². The molecule has 1 aromatic heterocycles. The van der Waals surface area contributed by atoms with Gasteiger partial charge in [-0.3, -0.25) is 0 Å². The number of halogens is 1.